The maximum atomic E-state index is 5.91. The molecule has 1 aromatic heterocycles. The van der Waals surface area contributed by atoms with Crippen LogP contribution < -0.4 is 0 Å². The number of nitrogens with zero attached hydrogens (tertiary/aromatic N) is 1. The van der Waals surface area contributed by atoms with Gasteiger partial charge in [-0.2, -0.15) is 0 Å². The summed E-state index contributed by atoms with van der Waals surface area (Å²) in [5, 5.41) is 2.16. The van der Waals surface area contributed by atoms with Crippen LogP contribution in [0.15, 0.2) is 47.8 Å². The van der Waals surface area contributed by atoms with Crippen LogP contribution in [0.2, 0.25) is 0 Å². The van der Waals surface area contributed by atoms with E-state index in [9.17, 15) is 0 Å². The van der Waals surface area contributed by atoms with Crippen molar-refractivity contribution in [2.45, 2.75) is 25.5 Å². The van der Waals surface area contributed by atoms with Crippen LogP contribution in [0, 0.1) is 0 Å². The van der Waals surface area contributed by atoms with Crippen molar-refractivity contribution in [3.05, 3.63) is 58.3 Å². The quantitative estimate of drug-likeness (QED) is 0.833. The summed E-state index contributed by atoms with van der Waals surface area (Å²) in [5.41, 5.74) is 1.41. The van der Waals surface area contributed by atoms with Crippen molar-refractivity contribution in [2.24, 2.45) is 0 Å². The molecular formula is C17H21NOS. The molecule has 1 aromatic carbocycles. The molecule has 1 fully saturated rings. The number of ether oxygens (including phenoxy) is 1. The molecule has 2 aromatic rings. The van der Waals surface area contributed by atoms with Crippen LogP contribution in [0.25, 0.3) is 0 Å². The molecule has 1 aliphatic rings. The first kappa shape index (κ1) is 13.8. The molecule has 3 heteroatoms. The largest absolute Gasteiger partial charge is 0.376 e. The zero-order chi connectivity index (χ0) is 13.6. The number of benzene rings is 1. The highest BCUT2D eigenvalue weighted by atomic mass is 32.1. The highest BCUT2D eigenvalue weighted by Gasteiger charge is 2.20. The SMILES string of the molecule is c1ccc(CC[C@H]2CN(Cc3cccs3)CCO2)cc1. The third-order valence-corrected chi connectivity index (χ3v) is 4.64. The predicted molar refractivity (Wildman–Crippen MR) is 84.1 cm³/mol. The first-order valence-corrected chi connectivity index (χ1v) is 8.18. The van der Waals surface area contributed by atoms with E-state index < -0.39 is 0 Å². The fraction of sp³-hybridized carbons (Fsp3) is 0.412. The Bertz CT molecular complexity index is 497. The molecule has 2 heterocycles. The number of hydrogen-bond donors (Lipinski definition) is 0. The van der Waals surface area contributed by atoms with Crippen LogP contribution in [0.4, 0.5) is 0 Å². The van der Waals surface area contributed by atoms with Crippen LogP contribution in [-0.2, 0) is 17.7 Å². The molecule has 20 heavy (non-hydrogen) atoms. The number of rotatable bonds is 5. The van der Waals surface area contributed by atoms with Gasteiger partial charge in [-0.15, -0.1) is 11.3 Å². The van der Waals surface area contributed by atoms with Gasteiger partial charge in [0.05, 0.1) is 12.7 Å². The Hall–Kier alpha value is -1.16. The molecule has 1 saturated heterocycles. The molecule has 0 unspecified atom stereocenters. The van der Waals surface area contributed by atoms with Crippen LogP contribution in [0.5, 0.6) is 0 Å². The predicted octanol–water partition coefficient (Wildman–Crippen LogP) is 3.58. The summed E-state index contributed by atoms with van der Waals surface area (Å²) in [5.74, 6) is 0. The maximum absolute atomic E-state index is 5.91. The number of hydrogen-bond acceptors (Lipinski definition) is 3. The van der Waals surface area contributed by atoms with Crippen LogP contribution in [0.1, 0.15) is 16.9 Å². The summed E-state index contributed by atoms with van der Waals surface area (Å²) < 4.78 is 5.91. The number of morpholine rings is 1. The van der Waals surface area contributed by atoms with Crippen molar-refractivity contribution in [1.29, 1.82) is 0 Å². The van der Waals surface area contributed by atoms with Gasteiger partial charge in [0.25, 0.3) is 0 Å². The van der Waals surface area contributed by atoms with Gasteiger partial charge in [0.1, 0.15) is 0 Å². The lowest BCUT2D eigenvalue weighted by Gasteiger charge is -2.32. The molecule has 1 atom stereocenters. The normalized spacial score (nSPS) is 20.1. The van der Waals surface area contributed by atoms with Crippen molar-refractivity contribution in [3.8, 4) is 0 Å². The Kier molecular flexibility index (Phi) is 4.85. The molecular weight excluding hydrogens is 266 g/mol. The van der Waals surface area contributed by atoms with Crippen molar-refractivity contribution in [3.63, 3.8) is 0 Å². The van der Waals surface area contributed by atoms with E-state index in [1.54, 1.807) is 0 Å². The smallest absolute Gasteiger partial charge is 0.0705 e. The Morgan fingerprint density at radius 2 is 2.05 bits per heavy atom. The number of thiophene rings is 1. The topological polar surface area (TPSA) is 12.5 Å². The monoisotopic (exact) mass is 287 g/mol. The average Bonchev–Trinajstić information content (AvgIpc) is 3.00. The molecule has 3 rings (SSSR count). The summed E-state index contributed by atoms with van der Waals surface area (Å²) in [6.45, 7) is 4.05. The fourth-order valence-electron chi connectivity index (χ4n) is 2.69. The highest BCUT2D eigenvalue weighted by Crippen LogP contribution is 2.17. The van der Waals surface area contributed by atoms with Gasteiger partial charge in [-0.3, -0.25) is 4.90 Å². The highest BCUT2D eigenvalue weighted by molar-refractivity contribution is 7.09. The van der Waals surface area contributed by atoms with Crippen molar-refractivity contribution in [1.82, 2.24) is 4.90 Å². The van der Waals surface area contributed by atoms with Gasteiger partial charge >= 0.3 is 0 Å². The zero-order valence-electron chi connectivity index (χ0n) is 11.7. The summed E-state index contributed by atoms with van der Waals surface area (Å²) in [6.07, 6.45) is 2.60. The Balaban J connectivity index is 1.48. The minimum absolute atomic E-state index is 0.379. The second kappa shape index (κ2) is 7.02. The van der Waals surface area contributed by atoms with E-state index in [1.807, 2.05) is 11.3 Å². The van der Waals surface area contributed by atoms with Gasteiger partial charge in [0.15, 0.2) is 0 Å². The lowest BCUT2D eigenvalue weighted by atomic mass is 10.1. The third-order valence-electron chi connectivity index (χ3n) is 3.78. The molecule has 0 bridgehead atoms. The Labute approximate surface area is 125 Å². The second-order valence-electron chi connectivity index (χ2n) is 5.33. The molecule has 1 aliphatic heterocycles. The van der Waals surface area contributed by atoms with E-state index in [0.29, 0.717) is 6.10 Å². The molecule has 2 nitrogen and oxygen atoms in total. The van der Waals surface area contributed by atoms with Crippen molar-refractivity contribution >= 4 is 11.3 Å². The molecule has 0 N–H and O–H groups in total. The van der Waals surface area contributed by atoms with Crippen LogP contribution in [-0.4, -0.2) is 30.7 Å². The molecule has 0 aliphatic carbocycles. The van der Waals surface area contributed by atoms with Gasteiger partial charge < -0.3 is 4.74 Å². The van der Waals surface area contributed by atoms with Crippen LogP contribution >= 0.6 is 11.3 Å². The van der Waals surface area contributed by atoms with Crippen molar-refractivity contribution in [2.75, 3.05) is 19.7 Å². The lowest BCUT2D eigenvalue weighted by Crippen LogP contribution is -2.41. The first-order chi connectivity index (χ1) is 9.90. The van der Waals surface area contributed by atoms with Crippen molar-refractivity contribution < 1.29 is 4.74 Å². The number of aryl methyl sites for hydroxylation is 1. The van der Waals surface area contributed by atoms with Gasteiger partial charge in [0, 0.05) is 24.5 Å². The summed E-state index contributed by atoms with van der Waals surface area (Å²) in [4.78, 5) is 3.97. The first-order valence-electron chi connectivity index (χ1n) is 7.30. The summed E-state index contributed by atoms with van der Waals surface area (Å²) >= 11 is 1.85. The summed E-state index contributed by atoms with van der Waals surface area (Å²) in [6, 6.07) is 15.1. The maximum Gasteiger partial charge on any atom is 0.0705 e. The molecule has 0 amide bonds. The van der Waals surface area contributed by atoms with E-state index in [1.165, 1.54) is 10.4 Å². The standard InChI is InChI=1S/C17H21NOS/c1-2-5-15(6-3-1)8-9-16-13-18(10-11-19-16)14-17-7-4-12-20-17/h1-7,12,16H,8-11,13-14H2/t16-/m0/s1. The zero-order valence-corrected chi connectivity index (χ0v) is 12.5. The Morgan fingerprint density at radius 3 is 2.85 bits per heavy atom. The van der Waals surface area contributed by atoms with E-state index in [-0.39, 0.29) is 0 Å². The fourth-order valence-corrected chi connectivity index (χ4v) is 3.44. The second-order valence-corrected chi connectivity index (χ2v) is 6.36. The minimum atomic E-state index is 0.379. The van der Waals surface area contributed by atoms with Gasteiger partial charge in [-0.1, -0.05) is 36.4 Å². The van der Waals surface area contributed by atoms with E-state index in [4.69, 9.17) is 4.74 Å². The molecule has 0 spiro atoms. The average molecular weight is 287 g/mol. The van der Waals surface area contributed by atoms with E-state index in [0.717, 1.165) is 39.1 Å². The van der Waals surface area contributed by atoms with E-state index in [2.05, 4.69) is 52.7 Å². The Morgan fingerprint density at radius 1 is 1.15 bits per heavy atom. The third kappa shape index (κ3) is 3.92. The van der Waals surface area contributed by atoms with Gasteiger partial charge in [-0.25, -0.2) is 0 Å². The molecule has 106 valence electrons. The van der Waals surface area contributed by atoms with Gasteiger partial charge in [-0.05, 0) is 29.9 Å². The van der Waals surface area contributed by atoms with E-state index >= 15 is 0 Å². The summed E-state index contributed by atoms with van der Waals surface area (Å²) in [7, 11) is 0. The molecule has 0 saturated carbocycles. The molecule has 0 radical (unpaired) electrons. The lowest BCUT2D eigenvalue weighted by molar-refractivity contribution is -0.0342. The van der Waals surface area contributed by atoms with Crippen LogP contribution in [0.3, 0.4) is 0 Å². The van der Waals surface area contributed by atoms with Gasteiger partial charge in [0.2, 0.25) is 0 Å². The minimum Gasteiger partial charge on any atom is -0.376 e.